The highest BCUT2D eigenvalue weighted by atomic mass is 16.8. The molecule has 1 aromatic rings. The largest absolute Gasteiger partial charge is 0.368 e. The summed E-state index contributed by atoms with van der Waals surface area (Å²) >= 11 is 0. The Kier molecular flexibility index (Phi) is 6.27. The van der Waals surface area contributed by atoms with Crippen molar-refractivity contribution in [3.05, 3.63) is 33.9 Å². The minimum atomic E-state index is -0.653. The zero-order chi connectivity index (χ0) is 22.6. The summed E-state index contributed by atoms with van der Waals surface area (Å²) in [5, 5.41) is 0. The van der Waals surface area contributed by atoms with E-state index in [-0.39, 0.29) is 24.4 Å². The van der Waals surface area contributed by atoms with Gasteiger partial charge in [-0.1, -0.05) is 19.9 Å². The quantitative estimate of drug-likeness (QED) is 0.652. The van der Waals surface area contributed by atoms with E-state index in [1.165, 1.54) is 27.8 Å². The van der Waals surface area contributed by atoms with Gasteiger partial charge in [-0.3, -0.25) is 0 Å². The molecule has 0 aromatic heterocycles. The van der Waals surface area contributed by atoms with Crippen LogP contribution in [0.5, 0.6) is 0 Å². The van der Waals surface area contributed by atoms with Crippen LogP contribution in [0.1, 0.15) is 68.4 Å². The lowest BCUT2D eigenvalue weighted by Gasteiger charge is -2.30. The average Bonchev–Trinajstić information content (AvgIpc) is 3.39. The van der Waals surface area contributed by atoms with Crippen LogP contribution in [0, 0.1) is 27.7 Å². The van der Waals surface area contributed by atoms with Gasteiger partial charge in [0.2, 0.25) is 0 Å². The summed E-state index contributed by atoms with van der Waals surface area (Å²) in [6.45, 7) is 17.7. The van der Waals surface area contributed by atoms with Gasteiger partial charge in [0.05, 0.1) is 13.2 Å². The standard InChI is InChI=1S/C25H38O6/c1-9-24(7)27-13-19(29-24)20-21(22-23(28-20)31-25(8,10-2)30-22)26-12-18-11-14(3)15(4)16(5)17(18)6/h11,19-23H,9-10,12-13H2,1-8H3/t19-,20-,21+,22-,23-,24?,25?/m1/s1. The number of ether oxygens (including phenoxy) is 6. The van der Waals surface area contributed by atoms with Gasteiger partial charge >= 0.3 is 0 Å². The molecule has 2 unspecified atom stereocenters. The van der Waals surface area contributed by atoms with Gasteiger partial charge in [0.25, 0.3) is 0 Å². The maximum Gasteiger partial charge on any atom is 0.190 e. The zero-order valence-electron chi connectivity index (χ0n) is 20.2. The summed E-state index contributed by atoms with van der Waals surface area (Å²) in [4.78, 5) is 0. The minimum absolute atomic E-state index is 0.219. The van der Waals surface area contributed by atoms with Crippen molar-refractivity contribution < 1.29 is 28.4 Å². The van der Waals surface area contributed by atoms with Gasteiger partial charge in [-0.05, 0) is 82.2 Å². The minimum Gasteiger partial charge on any atom is -0.368 e. The molecule has 1 aromatic carbocycles. The predicted octanol–water partition coefficient (Wildman–Crippen LogP) is 4.61. The fraction of sp³-hybridized carbons (Fsp3) is 0.760. The van der Waals surface area contributed by atoms with Crippen molar-refractivity contribution in [2.24, 2.45) is 0 Å². The van der Waals surface area contributed by atoms with Gasteiger partial charge in [-0.25, -0.2) is 0 Å². The van der Waals surface area contributed by atoms with E-state index in [1.807, 2.05) is 13.8 Å². The van der Waals surface area contributed by atoms with E-state index < -0.39 is 17.9 Å². The fourth-order valence-electron chi connectivity index (χ4n) is 4.71. The zero-order valence-corrected chi connectivity index (χ0v) is 20.2. The first kappa shape index (κ1) is 23.1. The summed E-state index contributed by atoms with van der Waals surface area (Å²) in [6, 6.07) is 2.23. The van der Waals surface area contributed by atoms with Crippen LogP contribution >= 0.6 is 0 Å². The van der Waals surface area contributed by atoms with E-state index >= 15 is 0 Å². The molecule has 0 N–H and O–H groups in total. The fourth-order valence-corrected chi connectivity index (χ4v) is 4.71. The second kappa shape index (κ2) is 8.40. The molecule has 0 spiro atoms. The monoisotopic (exact) mass is 434 g/mol. The number of benzene rings is 1. The van der Waals surface area contributed by atoms with Crippen LogP contribution in [-0.2, 0) is 35.0 Å². The molecule has 3 saturated heterocycles. The third-order valence-electron chi connectivity index (χ3n) is 7.58. The molecule has 0 radical (unpaired) electrons. The summed E-state index contributed by atoms with van der Waals surface area (Å²) in [5.74, 6) is -1.24. The van der Waals surface area contributed by atoms with Crippen molar-refractivity contribution in [3.8, 4) is 0 Å². The SMILES string of the molecule is CCC1(C)O[C@H]2O[C@H]([C@H]3COC(C)(CC)O3)[C@H](OCc3cc(C)c(C)c(C)c3C)[C@H]2O1. The van der Waals surface area contributed by atoms with Crippen LogP contribution in [0.2, 0.25) is 0 Å². The van der Waals surface area contributed by atoms with Gasteiger partial charge in [0.15, 0.2) is 17.9 Å². The van der Waals surface area contributed by atoms with Crippen molar-refractivity contribution in [2.75, 3.05) is 6.61 Å². The Morgan fingerprint density at radius 3 is 2.26 bits per heavy atom. The maximum absolute atomic E-state index is 6.53. The molecule has 31 heavy (non-hydrogen) atoms. The number of aryl methyl sites for hydroxylation is 1. The molecule has 174 valence electrons. The smallest absolute Gasteiger partial charge is 0.190 e. The molecule has 0 aliphatic carbocycles. The van der Waals surface area contributed by atoms with Crippen molar-refractivity contribution in [3.63, 3.8) is 0 Å². The molecule has 3 aliphatic heterocycles. The van der Waals surface area contributed by atoms with Crippen molar-refractivity contribution in [1.29, 1.82) is 0 Å². The van der Waals surface area contributed by atoms with Crippen LogP contribution in [0.15, 0.2) is 6.07 Å². The number of hydrogen-bond acceptors (Lipinski definition) is 6. The Morgan fingerprint density at radius 2 is 1.61 bits per heavy atom. The molecule has 6 nitrogen and oxygen atoms in total. The molecule has 3 aliphatic rings. The first-order valence-electron chi connectivity index (χ1n) is 11.6. The maximum atomic E-state index is 6.53. The van der Waals surface area contributed by atoms with Gasteiger partial charge in [0, 0.05) is 0 Å². The molecule has 6 heteroatoms. The number of fused-ring (bicyclic) bond motifs is 1. The lowest BCUT2D eigenvalue weighted by Crippen LogP contribution is -2.44. The highest BCUT2D eigenvalue weighted by molar-refractivity contribution is 5.43. The first-order chi connectivity index (χ1) is 14.6. The molecule has 0 amide bonds. The molecular weight excluding hydrogens is 396 g/mol. The molecule has 0 bridgehead atoms. The van der Waals surface area contributed by atoms with E-state index in [2.05, 4.69) is 47.6 Å². The van der Waals surface area contributed by atoms with E-state index in [4.69, 9.17) is 28.4 Å². The second-order valence-electron chi connectivity index (χ2n) is 9.61. The molecule has 0 saturated carbocycles. The third kappa shape index (κ3) is 4.19. The Balaban J connectivity index is 1.55. The predicted molar refractivity (Wildman–Crippen MR) is 117 cm³/mol. The average molecular weight is 435 g/mol. The van der Waals surface area contributed by atoms with E-state index in [0.717, 1.165) is 12.8 Å². The van der Waals surface area contributed by atoms with Crippen molar-refractivity contribution in [2.45, 2.75) is 117 Å². The van der Waals surface area contributed by atoms with Crippen LogP contribution in [0.4, 0.5) is 0 Å². The van der Waals surface area contributed by atoms with Gasteiger partial charge < -0.3 is 28.4 Å². The van der Waals surface area contributed by atoms with Crippen LogP contribution in [0.3, 0.4) is 0 Å². The molecule has 3 heterocycles. The first-order valence-corrected chi connectivity index (χ1v) is 11.6. The lowest BCUT2D eigenvalue weighted by molar-refractivity contribution is -0.245. The molecule has 4 rings (SSSR count). The second-order valence-corrected chi connectivity index (χ2v) is 9.61. The summed E-state index contributed by atoms with van der Waals surface area (Å²) < 4.78 is 37.5. The summed E-state index contributed by atoms with van der Waals surface area (Å²) in [6.07, 6.45) is -0.0583. The van der Waals surface area contributed by atoms with Crippen molar-refractivity contribution in [1.82, 2.24) is 0 Å². The Hall–Kier alpha value is -1.02. The van der Waals surface area contributed by atoms with Crippen LogP contribution in [-0.4, -0.2) is 48.9 Å². The molecule has 7 atom stereocenters. The Labute approximate surface area is 186 Å². The van der Waals surface area contributed by atoms with Crippen LogP contribution < -0.4 is 0 Å². The number of hydrogen-bond donors (Lipinski definition) is 0. The summed E-state index contributed by atoms with van der Waals surface area (Å²) in [5.41, 5.74) is 6.41. The molecular formula is C25H38O6. The third-order valence-corrected chi connectivity index (χ3v) is 7.58. The Morgan fingerprint density at radius 1 is 0.903 bits per heavy atom. The van der Waals surface area contributed by atoms with E-state index in [9.17, 15) is 0 Å². The topological polar surface area (TPSA) is 55.4 Å². The Bertz CT molecular complexity index is 825. The van der Waals surface area contributed by atoms with Crippen LogP contribution in [0.25, 0.3) is 0 Å². The summed E-state index contributed by atoms with van der Waals surface area (Å²) in [7, 11) is 0. The molecule has 3 fully saturated rings. The normalized spacial score (nSPS) is 39.9. The number of rotatable bonds is 6. The van der Waals surface area contributed by atoms with Gasteiger partial charge in [0.1, 0.15) is 24.4 Å². The highest BCUT2D eigenvalue weighted by Crippen LogP contribution is 2.43. The van der Waals surface area contributed by atoms with E-state index in [0.29, 0.717) is 13.2 Å². The van der Waals surface area contributed by atoms with Crippen molar-refractivity contribution >= 4 is 0 Å². The highest BCUT2D eigenvalue weighted by Gasteiger charge is 2.59. The van der Waals surface area contributed by atoms with Gasteiger partial charge in [-0.15, -0.1) is 0 Å². The van der Waals surface area contributed by atoms with E-state index in [1.54, 1.807) is 0 Å². The lowest BCUT2D eigenvalue weighted by atomic mass is 9.95. The van der Waals surface area contributed by atoms with Gasteiger partial charge in [-0.2, -0.15) is 0 Å².